The van der Waals surface area contributed by atoms with E-state index in [1.54, 1.807) is 13.2 Å². The lowest BCUT2D eigenvalue weighted by Gasteiger charge is -2.33. The molecule has 3 aliphatic rings. The number of carbonyl (C=O) groups is 3. The second kappa shape index (κ2) is 9.41. The van der Waals surface area contributed by atoms with Crippen LogP contribution >= 0.6 is 0 Å². The summed E-state index contributed by atoms with van der Waals surface area (Å²) in [6.45, 7) is 4.93. The molecule has 0 aromatic heterocycles. The van der Waals surface area contributed by atoms with Crippen LogP contribution in [-0.2, 0) is 22.7 Å². The van der Waals surface area contributed by atoms with E-state index < -0.39 is 17.8 Å². The number of aryl methyl sites for hydroxylation is 1. The number of methoxy groups -OCH3 is 1. The number of fused-ring (bicyclic) bond motifs is 1. The van der Waals surface area contributed by atoms with Gasteiger partial charge in [-0.2, -0.15) is 0 Å². The number of benzene rings is 2. The maximum Gasteiger partial charge on any atom is 0.255 e. The van der Waals surface area contributed by atoms with Gasteiger partial charge in [0.15, 0.2) is 0 Å². The van der Waals surface area contributed by atoms with Crippen molar-refractivity contribution >= 4 is 17.7 Å². The molecule has 0 radical (unpaired) electrons. The van der Waals surface area contributed by atoms with Crippen LogP contribution in [0.2, 0.25) is 0 Å². The standard InChI is InChI=1S/C27H30FN3O4/c1-16-11-17(3-5-24(16)35-2)14-30-9-7-18(8-10-30)20-12-19(28)13-21-22(20)15-31(27(21)34)23-4-6-25(32)29-26(23)33/h3,5,11-13,18,23H,4,6-10,14-15H2,1-2H3,(H,29,32,33). The Kier molecular flexibility index (Phi) is 6.32. The van der Waals surface area contributed by atoms with Gasteiger partial charge in [-0.1, -0.05) is 12.1 Å². The number of amides is 3. The summed E-state index contributed by atoms with van der Waals surface area (Å²) in [4.78, 5) is 40.9. The fourth-order valence-corrected chi connectivity index (χ4v) is 5.72. The highest BCUT2D eigenvalue weighted by atomic mass is 19.1. The lowest BCUT2D eigenvalue weighted by molar-refractivity contribution is -0.136. The van der Waals surface area contributed by atoms with Crippen LogP contribution in [-0.4, -0.2) is 53.8 Å². The minimum atomic E-state index is -0.696. The summed E-state index contributed by atoms with van der Waals surface area (Å²) >= 11 is 0. The molecule has 7 nitrogen and oxygen atoms in total. The zero-order valence-corrected chi connectivity index (χ0v) is 20.1. The Morgan fingerprint density at radius 3 is 2.54 bits per heavy atom. The molecule has 8 heteroatoms. The molecule has 3 aliphatic heterocycles. The largest absolute Gasteiger partial charge is 0.496 e. The van der Waals surface area contributed by atoms with Crippen LogP contribution < -0.4 is 10.1 Å². The topological polar surface area (TPSA) is 79.0 Å². The molecule has 0 bridgehead atoms. The Bertz CT molecular complexity index is 1190. The van der Waals surface area contributed by atoms with Crippen molar-refractivity contribution in [2.45, 2.75) is 57.7 Å². The van der Waals surface area contributed by atoms with E-state index in [1.165, 1.54) is 16.5 Å². The van der Waals surface area contributed by atoms with E-state index in [9.17, 15) is 18.8 Å². The molecular formula is C27H30FN3O4. The predicted octanol–water partition coefficient (Wildman–Crippen LogP) is 3.28. The molecule has 2 fully saturated rings. The molecular weight excluding hydrogens is 449 g/mol. The molecule has 0 aliphatic carbocycles. The Balaban J connectivity index is 1.29. The fourth-order valence-electron chi connectivity index (χ4n) is 5.72. The van der Waals surface area contributed by atoms with Crippen molar-refractivity contribution in [2.75, 3.05) is 20.2 Å². The zero-order valence-electron chi connectivity index (χ0n) is 20.1. The van der Waals surface area contributed by atoms with Crippen molar-refractivity contribution in [3.63, 3.8) is 0 Å². The first-order valence-electron chi connectivity index (χ1n) is 12.2. The van der Waals surface area contributed by atoms with Gasteiger partial charge < -0.3 is 9.64 Å². The summed E-state index contributed by atoms with van der Waals surface area (Å²) in [6, 6.07) is 8.39. The van der Waals surface area contributed by atoms with E-state index in [4.69, 9.17) is 4.74 Å². The van der Waals surface area contributed by atoms with E-state index in [2.05, 4.69) is 22.3 Å². The zero-order chi connectivity index (χ0) is 24.7. The summed E-state index contributed by atoms with van der Waals surface area (Å²) in [5.74, 6) is -0.489. The second-order valence-corrected chi connectivity index (χ2v) is 9.78. The Morgan fingerprint density at radius 2 is 1.86 bits per heavy atom. The Labute approximate surface area is 204 Å². The van der Waals surface area contributed by atoms with Crippen molar-refractivity contribution in [3.05, 3.63) is 64.0 Å². The van der Waals surface area contributed by atoms with Crippen molar-refractivity contribution < 1.29 is 23.5 Å². The fraction of sp³-hybridized carbons (Fsp3) is 0.444. The molecule has 184 valence electrons. The van der Waals surface area contributed by atoms with Crippen LogP contribution in [0.4, 0.5) is 4.39 Å². The van der Waals surface area contributed by atoms with Crippen LogP contribution in [0.3, 0.4) is 0 Å². The van der Waals surface area contributed by atoms with Gasteiger partial charge in [-0.05, 0) is 85.6 Å². The normalized spacial score (nSPS) is 21.3. The quantitative estimate of drug-likeness (QED) is 0.666. The first-order chi connectivity index (χ1) is 16.8. The van der Waals surface area contributed by atoms with Gasteiger partial charge in [0.25, 0.3) is 5.91 Å². The van der Waals surface area contributed by atoms with Crippen molar-refractivity contribution in [3.8, 4) is 5.75 Å². The predicted molar refractivity (Wildman–Crippen MR) is 127 cm³/mol. The highest BCUT2D eigenvalue weighted by molar-refractivity contribution is 6.05. The molecule has 3 amide bonds. The number of carbonyl (C=O) groups excluding carboxylic acids is 3. The van der Waals surface area contributed by atoms with Crippen LogP contribution in [0, 0.1) is 12.7 Å². The summed E-state index contributed by atoms with van der Waals surface area (Å²) in [7, 11) is 1.67. The number of rotatable bonds is 5. The smallest absolute Gasteiger partial charge is 0.255 e. The highest BCUT2D eigenvalue weighted by Gasteiger charge is 2.41. The SMILES string of the molecule is COc1ccc(CN2CCC(c3cc(F)cc4c3CN(C3CCC(=O)NC3=O)C4=O)CC2)cc1C. The molecule has 2 aromatic rings. The number of likely N-dealkylation sites (tertiary alicyclic amines) is 1. The minimum Gasteiger partial charge on any atom is -0.496 e. The van der Waals surface area contributed by atoms with Crippen LogP contribution in [0.5, 0.6) is 5.75 Å². The first kappa shape index (κ1) is 23.5. The van der Waals surface area contributed by atoms with Crippen LogP contribution in [0.15, 0.2) is 30.3 Å². The van der Waals surface area contributed by atoms with Crippen molar-refractivity contribution in [1.82, 2.24) is 15.1 Å². The van der Waals surface area contributed by atoms with Gasteiger partial charge in [-0.3, -0.25) is 24.6 Å². The Morgan fingerprint density at radius 1 is 1.09 bits per heavy atom. The third-order valence-electron chi connectivity index (χ3n) is 7.55. The lowest BCUT2D eigenvalue weighted by Crippen LogP contribution is -2.52. The van der Waals surface area contributed by atoms with Gasteiger partial charge in [-0.25, -0.2) is 4.39 Å². The van der Waals surface area contributed by atoms with Gasteiger partial charge >= 0.3 is 0 Å². The number of nitrogens with zero attached hydrogens (tertiary/aromatic N) is 2. The van der Waals surface area contributed by atoms with E-state index in [-0.39, 0.29) is 30.7 Å². The molecule has 0 spiro atoms. The van der Waals surface area contributed by atoms with Gasteiger partial charge in [-0.15, -0.1) is 0 Å². The average molecular weight is 480 g/mol. The molecule has 1 atom stereocenters. The van der Waals surface area contributed by atoms with E-state index >= 15 is 0 Å². The second-order valence-electron chi connectivity index (χ2n) is 9.78. The van der Waals surface area contributed by atoms with Gasteiger partial charge in [0.1, 0.15) is 17.6 Å². The summed E-state index contributed by atoms with van der Waals surface area (Å²) in [5, 5.41) is 2.32. The van der Waals surface area contributed by atoms with E-state index in [0.29, 0.717) is 12.0 Å². The third-order valence-corrected chi connectivity index (χ3v) is 7.55. The molecule has 2 aromatic carbocycles. The Hall–Kier alpha value is -3.26. The number of halogens is 1. The van der Waals surface area contributed by atoms with Gasteiger partial charge in [0.2, 0.25) is 11.8 Å². The van der Waals surface area contributed by atoms with Crippen molar-refractivity contribution in [2.24, 2.45) is 0 Å². The number of ether oxygens (including phenoxy) is 1. The minimum absolute atomic E-state index is 0.155. The molecule has 3 heterocycles. The molecule has 35 heavy (non-hydrogen) atoms. The highest BCUT2D eigenvalue weighted by Crippen LogP contribution is 2.38. The lowest BCUT2D eigenvalue weighted by atomic mass is 9.85. The van der Waals surface area contributed by atoms with E-state index in [0.717, 1.165) is 54.9 Å². The number of hydrogen-bond donors (Lipinski definition) is 1. The molecule has 1 N–H and O–H groups in total. The maximum atomic E-state index is 14.6. The molecule has 1 unspecified atom stereocenters. The van der Waals surface area contributed by atoms with Crippen LogP contribution in [0.25, 0.3) is 0 Å². The molecule has 2 saturated heterocycles. The van der Waals surface area contributed by atoms with Crippen molar-refractivity contribution in [1.29, 1.82) is 0 Å². The van der Waals surface area contributed by atoms with E-state index in [1.807, 2.05) is 13.0 Å². The third kappa shape index (κ3) is 4.55. The molecule has 0 saturated carbocycles. The number of imide groups is 1. The van der Waals surface area contributed by atoms with Crippen LogP contribution in [0.1, 0.15) is 64.2 Å². The summed E-state index contributed by atoms with van der Waals surface area (Å²) < 4.78 is 20.0. The number of piperidine rings is 2. The average Bonchev–Trinajstić information content (AvgIpc) is 3.15. The maximum absolute atomic E-state index is 14.6. The summed E-state index contributed by atoms with van der Waals surface area (Å²) in [5.41, 5.74) is 4.40. The molecule has 5 rings (SSSR count). The van der Waals surface area contributed by atoms with Gasteiger partial charge in [0.05, 0.1) is 7.11 Å². The monoisotopic (exact) mass is 479 g/mol. The summed E-state index contributed by atoms with van der Waals surface area (Å²) in [6.07, 6.45) is 2.24. The number of hydrogen-bond acceptors (Lipinski definition) is 5. The first-order valence-corrected chi connectivity index (χ1v) is 12.2. The number of nitrogens with one attached hydrogen (secondary N) is 1. The van der Waals surface area contributed by atoms with Gasteiger partial charge in [0, 0.05) is 25.1 Å².